The van der Waals surface area contributed by atoms with Crippen molar-refractivity contribution in [1.29, 1.82) is 0 Å². The maximum atomic E-state index is 10.5. The second-order valence-corrected chi connectivity index (χ2v) is 3.31. The number of H-pyrrole nitrogens is 1. The van der Waals surface area contributed by atoms with Gasteiger partial charge in [-0.05, 0) is 12.1 Å². The first-order valence-corrected chi connectivity index (χ1v) is 4.54. The number of rotatable bonds is 3. The molecule has 2 aromatic heterocycles. The van der Waals surface area contributed by atoms with E-state index in [0.29, 0.717) is 5.69 Å². The van der Waals surface area contributed by atoms with E-state index in [1.807, 2.05) is 18.5 Å². The van der Waals surface area contributed by atoms with Gasteiger partial charge >= 0.3 is 5.97 Å². The molecule has 0 aliphatic rings. The van der Waals surface area contributed by atoms with Crippen molar-refractivity contribution in [2.45, 2.75) is 6.42 Å². The van der Waals surface area contributed by atoms with E-state index in [1.54, 1.807) is 17.8 Å². The minimum absolute atomic E-state index is 0.0434. The van der Waals surface area contributed by atoms with E-state index in [2.05, 4.69) is 10.1 Å². The van der Waals surface area contributed by atoms with Crippen LogP contribution in [0.25, 0.3) is 11.3 Å². The Kier molecular flexibility index (Phi) is 2.29. The smallest absolute Gasteiger partial charge is 0.309 e. The lowest BCUT2D eigenvalue weighted by atomic mass is 10.2. The first-order chi connectivity index (χ1) is 7.16. The minimum Gasteiger partial charge on any atom is -0.481 e. The summed E-state index contributed by atoms with van der Waals surface area (Å²) in [7, 11) is 1.80. The standard InChI is InChI=1S/C10H11N3O2/c1-13-9(7-2-3-11-6-7)4-8(12-13)5-10(14)15/h2-4,6,11H,5H2,1H3,(H,14,15). The number of nitrogens with one attached hydrogen (secondary N) is 1. The van der Waals surface area contributed by atoms with Gasteiger partial charge in [-0.1, -0.05) is 0 Å². The van der Waals surface area contributed by atoms with Crippen molar-refractivity contribution < 1.29 is 9.90 Å². The molecule has 0 spiro atoms. The number of nitrogens with zero attached hydrogens (tertiary/aromatic N) is 2. The Morgan fingerprint density at radius 1 is 1.67 bits per heavy atom. The third-order valence-corrected chi connectivity index (χ3v) is 2.16. The lowest BCUT2D eigenvalue weighted by molar-refractivity contribution is -0.136. The van der Waals surface area contributed by atoms with Gasteiger partial charge in [-0.25, -0.2) is 0 Å². The summed E-state index contributed by atoms with van der Waals surface area (Å²) in [5.41, 5.74) is 2.48. The molecule has 0 saturated carbocycles. The zero-order valence-electron chi connectivity index (χ0n) is 8.27. The van der Waals surface area contributed by atoms with Crippen LogP contribution in [-0.4, -0.2) is 25.8 Å². The van der Waals surface area contributed by atoms with Crippen LogP contribution in [0, 0.1) is 0 Å². The van der Waals surface area contributed by atoms with Gasteiger partial charge < -0.3 is 10.1 Å². The molecule has 2 rings (SSSR count). The third-order valence-electron chi connectivity index (χ3n) is 2.16. The Bertz CT molecular complexity index is 471. The Morgan fingerprint density at radius 2 is 2.47 bits per heavy atom. The van der Waals surface area contributed by atoms with Crippen molar-refractivity contribution in [1.82, 2.24) is 14.8 Å². The van der Waals surface area contributed by atoms with Gasteiger partial charge in [0.05, 0.1) is 17.8 Å². The summed E-state index contributed by atoms with van der Waals surface area (Å²) < 4.78 is 1.68. The van der Waals surface area contributed by atoms with Gasteiger partial charge in [0.1, 0.15) is 0 Å². The largest absolute Gasteiger partial charge is 0.481 e. The molecule has 5 heteroatoms. The van der Waals surface area contributed by atoms with Gasteiger partial charge in [-0.15, -0.1) is 0 Å². The van der Waals surface area contributed by atoms with E-state index in [4.69, 9.17) is 5.11 Å². The van der Waals surface area contributed by atoms with E-state index in [-0.39, 0.29) is 6.42 Å². The molecule has 2 aromatic rings. The number of hydrogen-bond donors (Lipinski definition) is 2. The molecule has 5 nitrogen and oxygen atoms in total. The molecule has 2 heterocycles. The zero-order valence-corrected chi connectivity index (χ0v) is 8.27. The molecule has 0 aromatic carbocycles. The Balaban J connectivity index is 2.34. The number of aryl methyl sites for hydroxylation is 1. The number of aromatic amines is 1. The van der Waals surface area contributed by atoms with Crippen molar-refractivity contribution in [3.05, 3.63) is 30.2 Å². The minimum atomic E-state index is -0.867. The molecule has 0 aliphatic heterocycles. The first-order valence-electron chi connectivity index (χ1n) is 4.54. The molecular formula is C10H11N3O2. The van der Waals surface area contributed by atoms with Crippen LogP contribution in [0.15, 0.2) is 24.5 Å². The molecule has 0 amide bonds. The second-order valence-electron chi connectivity index (χ2n) is 3.31. The van der Waals surface area contributed by atoms with Crippen LogP contribution in [0.1, 0.15) is 5.69 Å². The number of carboxylic acid groups (broad SMARTS) is 1. The van der Waals surface area contributed by atoms with Crippen molar-refractivity contribution >= 4 is 5.97 Å². The molecule has 0 unspecified atom stereocenters. The van der Waals surface area contributed by atoms with Crippen LogP contribution in [0.4, 0.5) is 0 Å². The highest BCUT2D eigenvalue weighted by atomic mass is 16.4. The second kappa shape index (κ2) is 3.61. The summed E-state index contributed by atoms with van der Waals surface area (Å²) in [6.45, 7) is 0. The fourth-order valence-electron chi connectivity index (χ4n) is 1.52. The summed E-state index contributed by atoms with van der Waals surface area (Å²) in [5.74, 6) is -0.867. The topological polar surface area (TPSA) is 70.9 Å². The molecule has 0 radical (unpaired) electrons. The molecular weight excluding hydrogens is 194 g/mol. The highest BCUT2D eigenvalue weighted by Gasteiger charge is 2.09. The SMILES string of the molecule is Cn1nc(CC(=O)O)cc1-c1cc[nH]c1. The number of aromatic nitrogens is 3. The number of hydrogen-bond acceptors (Lipinski definition) is 2. The summed E-state index contributed by atoms with van der Waals surface area (Å²) in [6, 6.07) is 3.71. The fraction of sp³-hybridized carbons (Fsp3) is 0.200. The van der Waals surface area contributed by atoms with Crippen molar-refractivity contribution in [2.24, 2.45) is 7.05 Å². The Morgan fingerprint density at radius 3 is 3.07 bits per heavy atom. The molecule has 0 fully saturated rings. The summed E-state index contributed by atoms with van der Waals surface area (Å²) in [5, 5.41) is 12.8. The maximum Gasteiger partial charge on any atom is 0.309 e. The van der Waals surface area contributed by atoms with E-state index in [1.165, 1.54) is 0 Å². The van der Waals surface area contributed by atoms with E-state index >= 15 is 0 Å². The Labute approximate surface area is 86.4 Å². The van der Waals surface area contributed by atoms with E-state index in [9.17, 15) is 4.79 Å². The zero-order chi connectivity index (χ0) is 10.8. The van der Waals surface area contributed by atoms with Crippen LogP contribution < -0.4 is 0 Å². The molecule has 78 valence electrons. The van der Waals surface area contributed by atoms with Gasteiger partial charge in [0.15, 0.2) is 0 Å². The van der Waals surface area contributed by atoms with Crippen LogP contribution in [-0.2, 0) is 18.3 Å². The quantitative estimate of drug-likeness (QED) is 0.786. The predicted octanol–water partition coefficient (Wildman–Crippen LogP) is 1.04. The molecule has 0 atom stereocenters. The monoisotopic (exact) mass is 205 g/mol. The fourth-order valence-corrected chi connectivity index (χ4v) is 1.52. The normalized spacial score (nSPS) is 10.5. The summed E-state index contributed by atoms with van der Waals surface area (Å²) in [6.07, 6.45) is 3.62. The molecule has 2 N–H and O–H groups in total. The van der Waals surface area contributed by atoms with Crippen LogP contribution in [0.3, 0.4) is 0 Å². The van der Waals surface area contributed by atoms with Crippen LogP contribution in [0.5, 0.6) is 0 Å². The molecule has 0 bridgehead atoms. The van der Waals surface area contributed by atoms with E-state index in [0.717, 1.165) is 11.3 Å². The molecule has 0 saturated heterocycles. The predicted molar refractivity (Wildman–Crippen MR) is 54.3 cm³/mol. The first kappa shape index (κ1) is 9.51. The van der Waals surface area contributed by atoms with Gasteiger partial charge in [0.2, 0.25) is 0 Å². The van der Waals surface area contributed by atoms with Crippen molar-refractivity contribution in [3.63, 3.8) is 0 Å². The highest BCUT2D eigenvalue weighted by Crippen LogP contribution is 2.18. The van der Waals surface area contributed by atoms with Gasteiger partial charge in [-0.2, -0.15) is 5.10 Å². The van der Waals surface area contributed by atoms with Gasteiger partial charge in [0, 0.05) is 25.0 Å². The number of carbonyl (C=O) groups is 1. The summed E-state index contributed by atoms with van der Waals surface area (Å²) in [4.78, 5) is 13.5. The van der Waals surface area contributed by atoms with E-state index < -0.39 is 5.97 Å². The average Bonchev–Trinajstić information content (AvgIpc) is 2.72. The highest BCUT2D eigenvalue weighted by molar-refractivity contribution is 5.70. The van der Waals surface area contributed by atoms with Gasteiger partial charge in [0.25, 0.3) is 0 Å². The van der Waals surface area contributed by atoms with Crippen molar-refractivity contribution in [3.8, 4) is 11.3 Å². The summed E-state index contributed by atoms with van der Waals surface area (Å²) >= 11 is 0. The number of carboxylic acids is 1. The van der Waals surface area contributed by atoms with Crippen LogP contribution in [0.2, 0.25) is 0 Å². The third kappa shape index (κ3) is 1.90. The lowest BCUT2D eigenvalue weighted by Crippen LogP contribution is -2.01. The van der Waals surface area contributed by atoms with Gasteiger partial charge in [-0.3, -0.25) is 9.48 Å². The molecule has 15 heavy (non-hydrogen) atoms. The Hall–Kier alpha value is -2.04. The van der Waals surface area contributed by atoms with Crippen LogP contribution >= 0.6 is 0 Å². The van der Waals surface area contributed by atoms with Crippen molar-refractivity contribution in [2.75, 3.05) is 0 Å². The molecule has 0 aliphatic carbocycles. The number of aliphatic carboxylic acids is 1. The average molecular weight is 205 g/mol. The lowest BCUT2D eigenvalue weighted by Gasteiger charge is -1.95. The maximum absolute atomic E-state index is 10.5.